The summed E-state index contributed by atoms with van der Waals surface area (Å²) >= 11 is 0. The highest BCUT2D eigenvalue weighted by molar-refractivity contribution is 6.04. The monoisotopic (exact) mass is 290 g/mol. The predicted octanol–water partition coefficient (Wildman–Crippen LogP) is 3.86. The minimum absolute atomic E-state index is 1.16. The van der Waals surface area contributed by atoms with Gasteiger partial charge in [0.2, 0.25) is 5.52 Å². The van der Waals surface area contributed by atoms with Crippen molar-refractivity contribution in [1.82, 2.24) is 9.55 Å². The Morgan fingerprint density at radius 2 is 1.59 bits per heavy atom. The fourth-order valence-electron chi connectivity index (χ4n) is 3.49. The van der Waals surface area contributed by atoms with Crippen molar-refractivity contribution in [3.05, 3.63) is 59.4 Å². The van der Waals surface area contributed by atoms with E-state index in [0.717, 1.165) is 5.82 Å². The Labute approximate surface area is 129 Å². The molecular weight excluding hydrogens is 270 g/mol. The highest BCUT2D eigenvalue weighted by atomic mass is 15.2. The van der Waals surface area contributed by atoms with Crippen molar-refractivity contribution in [2.45, 2.75) is 20.8 Å². The number of aromatic nitrogens is 3. The van der Waals surface area contributed by atoms with E-state index in [1.54, 1.807) is 0 Å². The van der Waals surface area contributed by atoms with Gasteiger partial charge in [-0.25, -0.2) is 9.55 Å². The van der Waals surface area contributed by atoms with Crippen LogP contribution < -0.4 is 4.57 Å². The zero-order chi connectivity index (χ0) is 15.4. The van der Waals surface area contributed by atoms with Crippen molar-refractivity contribution in [3.63, 3.8) is 0 Å². The number of H-pyrrole nitrogens is 1. The van der Waals surface area contributed by atoms with Gasteiger partial charge in [-0.1, -0.05) is 30.3 Å². The van der Waals surface area contributed by atoms with Crippen molar-refractivity contribution in [3.8, 4) is 5.69 Å². The molecule has 0 saturated heterocycles. The number of hydrogen-bond donors (Lipinski definition) is 1. The molecule has 110 valence electrons. The second-order valence-corrected chi connectivity index (χ2v) is 6.06. The summed E-state index contributed by atoms with van der Waals surface area (Å²) in [5.74, 6) is 1.16. The predicted molar refractivity (Wildman–Crippen MR) is 90.5 cm³/mol. The summed E-state index contributed by atoms with van der Waals surface area (Å²) < 4.78 is 4.60. The molecule has 0 spiro atoms. The normalized spacial score (nSPS) is 11.6. The Hall–Kier alpha value is -2.55. The summed E-state index contributed by atoms with van der Waals surface area (Å²) in [5.41, 5.74) is 7.52. The van der Waals surface area contributed by atoms with E-state index in [-0.39, 0.29) is 0 Å². The standard InChI is InChI=1S/C19H19N3/c1-12-8-7-9-13(2)17(12)22-16-11-6-5-10-15(16)18-19(22)20-14(3)21(18)4/h5-11H,1-4H3/p+1. The van der Waals surface area contributed by atoms with E-state index in [1.165, 1.54) is 38.9 Å². The molecule has 22 heavy (non-hydrogen) atoms. The molecule has 1 N–H and O–H groups in total. The van der Waals surface area contributed by atoms with Gasteiger partial charge >= 0.3 is 0 Å². The molecule has 2 aromatic heterocycles. The summed E-state index contributed by atoms with van der Waals surface area (Å²) in [7, 11) is 2.12. The molecule has 2 heterocycles. The van der Waals surface area contributed by atoms with Crippen molar-refractivity contribution in [1.29, 1.82) is 0 Å². The van der Waals surface area contributed by atoms with E-state index in [4.69, 9.17) is 0 Å². The fourth-order valence-corrected chi connectivity index (χ4v) is 3.49. The molecule has 0 amide bonds. The molecule has 4 aromatic rings. The lowest BCUT2D eigenvalue weighted by atomic mass is 10.1. The number of aryl methyl sites for hydroxylation is 4. The van der Waals surface area contributed by atoms with Gasteiger partial charge in [-0.3, -0.25) is 4.57 Å². The third kappa shape index (κ3) is 1.59. The number of hydrogen-bond acceptors (Lipinski definition) is 0. The van der Waals surface area contributed by atoms with E-state index in [9.17, 15) is 0 Å². The van der Waals surface area contributed by atoms with Crippen LogP contribution in [-0.4, -0.2) is 9.55 Å². The molecule has 0 unspecified atom stereocenters. The van der Waals surface area contributed by atoms with Gasteiger partial charge in [0.15, 0.2) is 0 Å². The van der Waals surface area contributed by atoms with Gasteiger partial charge in [0.1, 0.15) is 0 Å². The molecule has 0 bridgehead atoms. The lowest BCUT2D eigenvalue weighted by Crippen LogP contribution is -2.29. The van der Waals surface area contributed by atoms with Gasteiger partial charge in [0.05, 0.1) is 23.6 Å². The van der Waals surface area contributed by atoms with Crippen LogP contribution in [0.15, 0.2) is 42.5 Å². The third-order valence-electron chi connectivity index (χ3n) is 4.65. The first-order chi connectivity index (χ1) is 10.6. The number of aromatic amines is 1. The molecule has 0 aliphatic carbocycles. The van der Waals surface area contributed by atoms with Crippen LogP contribution >= 0.6 is 0 Å². The molecule has 0 saturated carbocycles. The Kier molecular flexibility index (Phi) is 2.67. The van der Waals surface area contributed by atoms with E-state index >= 15 is 0 Å². The molecule has 0 aliphatic heterocycles. The second kappa shape index (κ2) is 4.47. The first-order valence-electron chi connectivity index (χ1n) is 7.64. The molecule has 2 aromatic carbocycles. The maximum Gasteiger partial charge on any atom is 0.253 e. The van der Waals surface area contributed by atoms with Gasteiger partial charge in [0, 0.05) is 6.92 Å². The van der Waals surface area contributed by atoms with Gasteiger partial charge in [-0.2, -0.15) is 0 Å². The molecule has 3 nitrogen and oxygen atoms in total. The number of fused-ring (bicyclic) bond motifs is 3. The van der Waals surface area contributed by atoms with Crippen molar-refractivity contribution in [2.24, 2.45) is 7.05 Å². The van der Waals surface area contributed by atoms with E-state index in [1.807, 2.05) is 0 Å². The van der Waals surface area contributed by atoms with Crippen LogP contribution in [-0.2, 0) is 7.05 Å². The molecule has 0 atom stereocenters. The Morgan fingerprint density at radius 1 is 0.909 bits per heavy atom. The van der Waals surface area contributed by atoms with Crippen LogP contribution in [0.1, 0.15) is 17.0 Å². The average molecular weight is 290 g/mol. The first-order valence-corrected chi connectivity index (χ1v) is 7.64. The molecule has 4 rings (SSSR count). The number of rotatable bonds is 1. The molecule has 0 radical (unpaired) electrons. The average Bonchev–Trinajstić information content (AvgIpc) is 2.95. The van der Waals surface area contributed by atoms with Crippen LogP contribution in [0.25, 0.3) is 27.8 Å². The summed E-state index contributed by atoms with van der Waals surface area (Å²) in [6.07, 6.45) is 0. The first kappa shape index (κ1) is 13.1. The van der Waals surface area contributed by atoms with Gasteiger partial charge in [0.25, 0.3) is 11.5 Å². The minimum Gasteiger partial charge on any atom is -0.273 e. The maximum absolute atomic E-state index is 3.56. The van der Waals surface area contributed by atoms with Crippen LogP contribution in [0.3, 0.4) is 0 Å². The summed E-state index contributed by atoms with van der Waals surface area (Å²) in [4.78, 5) is 3.56. The molecule has 0 aliphatic rings. The highest BCUT2D eigenvalue weighted by Gasteiger charge is 2.24. The Morgan fingerprint density at radius 3 is 2.32 bits per heavy atom. The fraction of sp³-hybridized carbons (Fsp3) is 0.211. The quantitative estimate of drug-likeness (QED) is 0.515. The summed E-state index contributed by atoms with van der Waals surface area (Å²) in [5, 5.41) is 1.28. The number of nitrogens with one attached hydrogen (secondary N) is 1. The van der Waals surface area contributed by atoms with Crippen LogP contribution in [0.4, 0.5) is 0 Å². The zero-order valence-electron chi connectivity index (χ0n) is 13.4. The van der Waals surface area contributed by atoms with Crippen LogP contribution in [0.2, 0.25) is 0 Å². The van der Waals surface area contributed by atoms with E-state index < -0.39 is 0 Å². The van der Waals surface area contributed by atoms with Crippen molar-refractivity contribution in [2.75, 3.05) is 0 Å². The lowest BCUT2D eigenvalue weighted by Gasteiger charge is -2.11. The van der Waals surface area contributed by atoms with Crippen molar-refractivity contribution >= 4 is 22.1 Å². The zero-order valence-corrected chi connectivity index (χ0v) is 13.4. The van der Waals surface area contributed by atoms with Gasteiger partial charge < -0.3 is 0 Å². The molecule has 3 heteroatoms. The largest absolute Gasteiger partial charge is 0.273 e. The summed E-state index contributed by atoms with van der Waals surface area (Å²) in [6, 6.07) is 15.1. The number of nitrogens with zero attached hydrogens (tertiary/aromatic N) is 2. The van der Waals surface area contributed by atoms with Gasteiger partial charge in [-0.15, -0.1) is 0 Å². The lowest BCUT2D eigenvalue weighted by molar-refractivity contribution is -0.650. The molecular formula is C19H20N3+. The topological polar surface area (TPSA) is 24.6 Å². The van der Waals surface area contributed by atoms with Crippen molar-refractivity contribution < 1.29 is 4.57 Å². The van der Waals surface area contributed by atoms with Crippen LogP contribution in [0, 0.1) is 20.8 Å². The second-order valence-electron chi connectivity index (χ2n) is 6.06. The van der Waals surface area contributed by atoms with Crippen LogP contribution in [0.5, 0.6) is 0 Å². The molecule has 0 fully saturated rings. The summed E-state index contributed by atoms with van der Waals surface area (Å²) in [6.45, 7) is 6.47. The SMILES string of the molecule is Cc1cccc(C)c1-n1c2ccccc2c2c1[nH]c(C)[n+]2C. The maximum atomic E-state index is 3.56. The van der Waals surface area contributed by atoms with E-state index in [0.29, 0.717) is 0 Å². The smallest absolute Gasteiger partial charge is 0.253 e. The number of imidazole rings is 1. The number of benzene rings is 2. The highest BCUT2D eigenvalue weighted by Crippen LogP contribution is 2.32. The minimum atomic E-state index is 1.16. The number of para-hydroxylation sites is 2. The third-order valence-corrected chi connectivity index (χ3v) is 4.65. The van der Waals surface area contributed by atoms with Gasteiger partial charge in [-0.05, 0) is 37.1 Å². The van der Waals surface area contributed by atoms with E-state index in [2.05, 4.69) is 84.4 Å². The Balaban J connectivity index is 2.28. The Bertz CT molecular complexity index is 998.